The number of nitrogens with zero attached hydrogens (tertiary/aromatic N) is 2. The number of carbonyl (C=O) groups excluding carboxylic acids is 2. The lowest BCUT2D eigenvalue weighted by Gasteiger charge is -2.42. The van der Waals surface area contributed by atoms with Crippen molar-refractivity contribution in [1.82, 2.24) is 5.32 Å². The highest BCUT2D eigenvalue weighted by Gasteiger charge is 2.53. The van der Waals surface area contributed by atoms with E-state index in [4.69, 9.17) is 10.1 Å². The minimum absolute atomic E-state index is 0.00463. The van der Waals surface area contributed by atoms with Crippen molar-refractivity contribution < 1.29 is 19.1 Å². The molecule has 0 saturated heterocycles. The van der Waals surface area contributed by atoms with Gasteiger partial charge in [-0.15, -0.1) is 0 Å². The third-order valence-electron chi connectivity index (χ3n) is 13.5. The van der Waals surface area contributed by atoms with Gasteiger partial charge in [0.05, 0.1) is 16.8 Å². The molecule has 1 amide bonds. The van der Waals surface area contributed by atoms with E-state index in [-0.39, 0.29) is 17.7 Å². The Labute approximate surface area is 404 Å². The van der Waals surface area contributed by atoms with Crippen LogP contribution in [0.3, 0.4) is 0 Å². The summed E-state index contributed by atoms with van der Waals surface area (Å²) in [6.45, 7) is 38.8. The molecule has 372 valence electrons. The first-order chi connectivity index (χ1) is 31.3. The lowest BCUT2D eigenvalue weighted by atomic mass is 9.73. The summed E-state index contributed by atoms with van der Waals surface area (Å²) in [6.07, 6.45) is 25.0. The molecule has 6 nitrogen and oxygen atoms in total. The highest BCUT2D eigenvalue weighted by molar-refractivity contribution is 6.09. The van der Waals surface area contributed by atoms with Crippen LogP contribution in [0.25, 0.3) is 5.57 Å². The number of aliphatic hydroxyl groups is 1. The van der Waals surface area contributed by atoms with Gasteiger partial charge >= 0.3 is 0 Å². The van der Waals surface area contributed by atoms with Crippen molar-refractivity contribution in [2.24, 2.45) is 34.6 Å². The molecule has 2 fully saturated rings. The second kappa shape index (κ2) is 31.3. The number of amides is 1. The van der Waals surface area contributed by atoms with Gasteiger partial charge < -0.3 is 15.3 Å². The summed E-state index contributed by atoms with van der Waals surface area (Å²) in [5, 5.41) is 12.0. The fourth-order valence-electron chi connectivity index (χ4n) is 9.33. The third kappa shape index (κ3) is 18.0. The first-order valence-electron chi connectivity index (χ1n) is 26.0. The number of halogens is 1. The van der Waals surface area contributed by atoms with Crippen LogP contribution in [0.4, 0.5) is 10.1 Å². The van der Waals surface area contributed by atoms with Gasteiger partial charge in [0.2, 0.25) is 5.91 Å². The van der Waals surface area contributed by atoms with E-state index in [2.05, 4.69) is 97.0 Å². The predicted octanol–water partition coefficient (Wildman–Crippen LogP) is 16.5. The molecule has 4 unspecified atom stereocenters. The van der Waals surface area contributed by atoms with Gasteiger partial charge in [-0.3, -0.25) is 14.6 Å². The zero-order valence-corrected chi connectivity index (χ0v) is 44.7. The van der Waals surface area contributed by atoms with E-state index in [0.29, 0.717) is 17.5 Å². The molecule has 66 heavy (non-hydrogen) atoms. The van der Waals surface area contributed by atoms with Crippen molar-refractivity contribution in [2.45, 2.75) is 218 Å². The number of allylic oxidation sites excluding steroid dienone is 8. The number of aliphatic imine (C=N–C) groups is 1. The molecule has 0 radical (unpaired) electrons. The summed E-state index contributed by atoms with van der Waals surface area (Å²) in [6, 6.07) is 6.76. The Morgan fingerprint density at radius 3 is 1.94 bits per heavy atom. The number of hydrogen-bond donors (Lipinski definition) is 2. The molecule has 1 aliphatic heterocycles. The predicted molar refractivity (Wildman–Crippen MR) is 285 cm³/mol. The zero-order valence-electron chi connectivity index (χ0n) is 44.7. The van der Waals surface area contributed by atoms with Crippen molar-refractivity contribution in [3.05, 3.63) is 95.3 Å². The summed E-state index contributed by atoms with van der Waals surface area (Å²) >= 11 is 0. The van der Waals surface area contributed by atoms with E-state index in [1.54, 1.807) is 12.2 Å². The van der Waals surface area contributed by atoms with Crippen molar-refractivity contribution >= 4 is 29.2 Å². The molecule has 7 heteroatoms. The summed E-state index contributed by atoms with van der Waals surface area (Å²) < 4.78 is 14.4. The van der Waals surface area contributed by atoms with Gasteiger partial charge in [0, 0.05) is 29.6 Å². The molecule has 1 heterocycles. The summed E-state index contributed by atoms with van der Waals surface area (Å²) in [5.74, 6) is 3.52. The van der Waals surface area contributed by atoms with Crippen molar-refractivity contribution in [1.29, 1.82) is 0 Å². The quantitative estimate of drug-likeness (QED) is 0.0951. The first kappa shape index (κ1) is 60.2. The number of rotatable bonds is 21. The number of fused-ring (bicyclic) bond motifs is 1. The number of aliphatic hydroxyl groups excluding tert-OH is 1. The molecule has 4 rings (SSSR count). The van der Waals surface area contributed by atoms with E-state index in [0.717, 1.165) is 103 Å². The molecule has 2 N–H and O–H groups in total. The van der Waals surface area contributed by atoms with Crippen LogP contribution in [0, 0.1) is 29.6 Å². The van der Waals surface area contributed by atoms with E-state index in [1.807, 2.05) is 53.8 Å². The Hall–Kier alpha value is -3.84. The standard InChI is InChI=1S/C39H54FN3O.C9H18.C7H14O2.C4H10/c1-10-16-30-24-32(25-30)43-37-26-31(18-19-33(37)39(20-12-3,21-13-4)38(43)44)27(7)23-36(41-22-14-5)28(8)29(9)42-35(17-11-2)34(40)15-6;1-3-8-5-6-9(4-2)7-8;1-4-5(2)7(9)6(3)8;1-4(2)3/h11,15,17-19,22-23,26,30,32,42H,6-7,10,12-14,16,20-21,24-25H2,1-5,8-9H3;8-9H,3-7H2,1-2H3;5-6,8H,4H2,1-3H3;4H,1-3H3/b17-11-,29-28+,35-34-,36-23+,41-22?;;;. The fraction of sp³-hybridized carbons (Fsp3) is 0.644. The van der Waals surface area contributed by atoms with Crippen molar-refractivity contribution in [3.63, 3.8) is 0 Å². The Balaban J connectivity index is 0.000000804. The molecule has 0 aromatic heterocycles. The van der Waals surface area contributed by atoms with Crippen LogP contribution >= 0.6 is 0 Å². The van der Waals surface area contributed by atoms with Gasteiger partial charge in [0.25, 0.3) is 0 Å². The van der Waals surface area contributed by atoms with Gasteiger partial charge in [-0.05, 0) is 143 Å². The zero-order chi connectivity index (χ0) is 50.1. The number of carbonyl (C=O) groups is 2. The lowest BCUT2D eigenvalue weighted by molar-refractivity contribution is -0.129. The van der Waals surface area contributed by atoms with E-state index in [9.17, 15) is 14.0 Å². The molecule has 3 aliphatic rings. The number of Topliss-reactive ketones (excluding diaryl/α,β-unsaturated/α-hetero) is 1. The van der Waals surface area contributed by atoms with E-state index in [1.165, 1.54) is 63.5 Å². The minimum atomic E-state index is -0.792. The maximum absolute atomic E-state index is 14.4. The van der Waals surface area contributed by atoms with E-state index < -0.39 is 17.3 Å². The monoisotopic (exact) mass is 914 g/mol. The summed E-state index contributed by atoms with van der Waals surface area (Å²) in [7, 11) is 0. The van der Waals surface area contributed by atoms with Crippen LogP contribution in [-0.4, -0.2) is 35.2 Å². The highest BCUT2D eigenvalue weighted by atomic mass is 19.1. The van der Waals surface area contributed by atoms with Gasteiger partial charge in [-0.25, -0.2) is 4.39 Å². The molecule has 0 spiro atoms. The topological polar surface area (TPSA) is 82.0 Å². The Kier molecular flexibility index (Phi) is 28.5. The lowest BCUT2D eigenvalue weighted by Crippen LogP contribution is -2.50. The van der Waals surface area contributed by atoms with Crippen LogP contribution in [-0.2, 0) is 15.0 Å². The van der Waals surface area contributed by atoms with Crippen molar-refractivity contribution in [2.75, 3.05) is 4.90 Å². The summed E-state index contributed by atoms with van der Waals surface area (Å²) in [5.41, 5.74) is 6.36. The SMILES string of the molecule is C=C/C(F)=C(\C=C/C)N/C(C)=C(C)/C(=C\C(=C)c1ccc2c(c1)N(C1CC(CCC)C1)C(=O)C2(CCC)CCC)N=CCC.CC(C)C.CCC(C)C(=O)C(C)O.CCC1CCC(CC)C1. The molecule has 2 aliphatic carbocycles. The number of benzene rings is 1. The second-order valence-corrected chi connectivity index (χ2v) is 19.9. The van der Waals surface area contributed by atoms with Crippen molar-refractivity contribution in [3.8, 4) is 0 Å². The fourth-order valence-corrected chi connectivity index (χ4v) is 9.33. The van der Waals surface area contributed by atoms with Gasteiger partial charge in [0.1, 0.15) is 11.9 Å². The number of ketones is 1. The summed E-state index contributed by atoms with van der Waals surface area (Å²) in [4.78, 5) is 32.1. The van der Waals surface area contributed by atoms with E-state index >= 15 is 0 Å². The van der Waals surface area contributed by atoms with Crippen LogP contribution in [0.1, 0.15) is 211 Å². The largest absolute Gasteiger partial charge is 0.386 e. The molecule has 1 aromatic carbocycles. The average Bonchev–Trinajstić information content (AvgIpc) is 3.85. The maximum Gasteiger partial charge on any atom is 0.237 e. The molecule has 2 saturated carbocycles. The second-order valence-electron chi connectivity index (χ2n) is 19.9. The van der Waals surface area contributed by atoms with Gasteiger partial charge in [0.15, 0.2) is 5.78 Å². The van der Waals surface area contributed by atoms with Crippen LogP contribution in [0.2, 0.25) is 0 Å². The van der Waals surface area contributed by atoms with Gasteiger partial charge in [-0.2, -0.15) is 0 Å². The number of nitrogens with one attached hydrogen (secondary N) is 1. The first-order valence-corrected chi connectivity index (χ1v) is 26.0. The Morgan fingerprint density at radius 1 is 0.939 bits per heavy atom. The molecular weight excluding hydrogens is 818 g/mol. The minimum Gasteiger partial charge on any atom is -0.386 e. The highest BCUT2D eigenvalue weighted by Crippen LogP contribution is 2.52. The normalized spacial score (nSPS) is 21.6. The van der Waals surface area contributed by atoms with Gasteiger partial charge in [-0.1, -0.05) is 159 Å². The number of anilines is 1. The maximum atomic E-state index is 14.4. The van der Waals surface area contributed by atoms with Crippen LogP contribution < -0.4 is 10.2 Å². The smallest absolute Gasteiger partial charge is 0.237 e. The number of hydrogen-bond acceptors (Lipinski definition) is 5. The third-order valence-corrected chi connectivity index (χ3v) is 13.5. The molecule has 4 atom stereocenters. The Bertz CT molecular complexity index is 1810. The Morgan fingerprint density at radius 2 is 1.52 bits per heavy atom. The molecule has 1 aromatic rings. The van der Waals surface area contributed by atoms with Crippen LogP contribution in [0.15, 0.2) is 89.1 Å². The van der Waals surface area contributed by atoms with Crippen LogP contribution in [0.5, 0.6) is 0 Å². The average molecular weight is 914 g/mol. The molecular formula is C59H96FN3O3. The molecule has 0 bridgehead atoms.